The first-order valence-electron chi connectivity index (χ1n) is 7.96. The molecule has 1 fully saturated rings. The van der Waals surface area contributed by atoms with Gasteiger partial charge in [0.15, 0.2) is 0 Å². The predicted molar refractivity (Wildman–Crippen MR) is 89.0 cm³/mol. The standard InChI is InChI=1S/C19H14F3N3O2/c1-18(14-6-3-7-15(9-14)19(20,21)22)16(26)25(17(27)24-18)11-13-5-2-4-12(8-13)10-23/h2-9H,11H2,1H3,(H,24,27). The number of rotatable bonds is 3. The summed E-state index contributed by atoms with van der Waals surface area (Å²) in [4.78, 5) is 26.1. The summed E-state index contributed by atoms with van der Waals surface area (Å²) in [7, 11) is 0. The van der Waals surface area contributed by atoms with Crippen molar-refractivity contribution < 1.29 is 22.8 Å². The molecule has 1 aliphatic heterocycles. The van der Waals surface area contributed by atoms with Crippen molar-refractivity contribution in [3.63, 3.8) is 0 Å². The van der Waals surface area contributed by atoms with Gasteiger partial charge in [-0.05, 0) is 42.3 Å². The van der Waals surface area contributed by atoms with E-state index in [-0.39, 0.29) is 12.1 Å². The highest BCUT2D eigenvalue weighted by atomic mass is 19.4. The molecule has 2 aromatic rings. The summed E-state index contributed by atoms with van der Waals surface area (Å²) in [6, 6.07) is 12.0. The molecule has 1 N–H and O–H groups in total. The Labute approximate surface area is 153 Å². The number of urea groups is 1. The quantitative estimate of drug-likeness (QED) is 0.837. The SMILES string of the molecule is CC1(c2cccc(C(F)(F)F)c2)NC(=O)N(Cc2cccc(C#N)c2)C1=O. The van der Waals surface area contributed by atoms with Gasteiger partial charge in [0, 0.05) is 0 Å². The molecule has 27 heavy (non-hydrogen) atoms. The summed E-state index contributed by atoms with van der Waals surface area (Å²) in [5.41, 5.74) is -1.52. The van der Waals surface area contributed by atoms with E-state index in [2.05, 4.69) is 5.32 Å². The lowest BCUT2D eigenvalue weighted by molar-refractivity contribution is -0.138. The molecule has 5 nitrogen and oxygen atoms in total. The van der Waals surface area contributed by atoms with Crippen LogP contribution in [0.15, 0.2) is 48.5 Å². The molecule has 1 unspecified atom stereocenters. The van der Waals surface area contributed by atoms with Crippen molar-refractivity contribution in [3.05, 3.63) is 70.8 Å². The molecular formula is C19H14F3N3O2. The van der Waals surface area contributed by atoms with Gasteiger partial charge in [0.2, 0.25) is 0 Å². The van der Waals surface area contributed by atoms with Crippen molar-refractivity contribution in [2.24, 2.45) is 0 Å². The van der Waals surface area contributed by atoms with Crippen molar-refractivity contribution in [2.75, 3.05) is 0 Å². The largest absolute Gasteiger partial charge is 0.416 e. The van der Waals surface area contributed by atoms with Crippen molar-refractivity contribution in [3.8, 4) is 6.07 Å². The molecular weight excluding hydrogens is 359 g/mol. The fraction of sp³-hybridized carbons (Fsp3) is 0.211. The molecule has 1 atom stereocenters. The smallest absolute Gasteiger partial charge is 0.319 e. The number of nitrogens with one attached hydrogen (secondary N) is 1. The maximum absolute atomic E-state index is 13.0. The fourth-order valence-corrected chi connectivity index (χ4v) is 2.96. The van der Waals surface area contributed by atoms with Crippen LogP contribution in [0.2, 0.25) is 0 Å². The Morgan fingerprint density at radius 3 is 2.52 bits per heavy atom. The molecule has 1 heterocycles. The minimum atomic E-state index is -4.56. The van der Waals surface area contributed by atoms with E-state index in [0.29, 0.717) is 11.1 Å². The van der Waals surface area contributed by atoms with Gasteiger partial charge in [0.1, 0.15) is 5.54 Å². The van der Waals surface area contributed by atoms with Crippen LogP contribution in [-0.4, -0.2) is 16.8 Å². The zero-order valence-electron chi connectivity index (χ0n) is 14.2. The summed E-state index contributed by atoms with van der Waals surface area (Å²) in [6.07, 6.45) is -4.56. The van der Waals surface area contributed by atoms with Gasteiger partial charge in [0.05, 0.1) is 23.7 Å². The molecule has 0 aliphatic carbocycles. The Balaban J connectivity index is 1.92. The minimum absolute atomic E-state index is 0.0453. The monoisotopic (exact) mass is 373 g/mol. The maximum atomic E-state index is 13.0. The first-order valence-corrected chi connectivity index (χ1v) is 7.96. The number of nitrogens with zero attached hydrogens (tertiary/aromatic N) is 2. The normalized spacial score (nSPS) is 19.7. The van der Waals surface area contributed by atoms with Gasteiger partial charge >= 0.3 is 12.2 Å². The second kappa shape index (κ2) is 6.43. The highest BCUT2D eigenvalue weighted by molar-refractivity contribution is 6.07. The van der Waals surface area contributed by atoms with Crippen LogP contribution in [0.3, 0.4) is 0 Å². The number of hydrogen-bond donors (Lipinski definition) is 1. The Morgan fingerprint density at radius 1 is 1.15 bits per heavy atom. The van der Waals surface area contributed by atoms with Crippen LogP contribution < -0.4 is 5.32 Å². The fourth-order valence-electron chi connectivity index (χ4n) is 2.96. The third-order valence-electron chi connectivity index (χ3n) is 4.44. The number of benzene rings is 2. The first kappa shape index (κ1) is 18.5. The van der Waals surface area contributed by atoms with Gasteiger partial charge in [0.25, 0.3) is 5.91 Å². The molecule has 1 saturated heterocycles. The van der Waals surface area contributed by atoms with E-state index in [0.717, 1.165) is 17.0 Å². The highest BCUT2D eigenvalue weighted by Crippen LogP contribution is 2.35. The van der Waals surface area contributed by atoms with E-state index in [4.69, 9.17) is 5.26 Å². The van der Waals surface area contributed by atoms with Crippen LogP contribution in [0.1, 0.15) is 29.2 Å². The Hall–Kier alpha value is -3.34. The number of carbonyl (C=O) groups is 2. The molecule has 0 radical (unpaired) electrons. The maximum Gasteiger partial charge on any atom is 0.416 e. The molecule has 0 spiro atoms. The second-order valence-electron chi connectivity index (χ2n) is 6.34. The van der Waals surface area contributed by atoms with Gasteiger partial charge in [-0.25, -0.2) is 4.79 Å². The summed E-state index contributed by atoms with van der Waals surface area (Å²) in [5.74, 6) is -0.658. The molecule has 8 heteroatoms. The molecule has 0 bridgehead atoms. The number of hydrogen-bond acceptors (Lipinski definition) is 3. The van der Waals surface area contributed by atoms with Gasteiger partial charge in [-0.1, -0.05) is 24.3 Å². The molecule has 138 valence electrons. The zero-order chi connectivity index (χ0) is 19.8. The topological polar surface area (TPSA) is 73.2 Å². The summed E-state index contributed by atoms with van der Waals surface area (Å²) >= 11 is 0. The number of imide groups is 1. The average Bonchev–Trinajstić information content (AvgIpc) is 2.85. The van der Waals surface area contributed by atoms with Crippen molar-refractivity contribution in [2.45, 2.75) is 25.2 Å². The van der Waals surface area contributed by atoms with Crippen LogP contribution in [-0.2, 0) is 23.1 Å². The lowest BCUT2D eigenvalue weighted by atomic mass is 9.90. The van der Waals surface area contributed by atoms with E-state index in [9.17, 15) is 22.8 Å². The molecule has 2 aromatic carbocycles. The zero-order valence-corrected chi connectivity index (χ0v) is 14.2. The van der Waals surface area contributed by atoms with E-state index in [1.807, 2.05) is 6.07 Å². The van der Waals surface area contributed by atoms with E-state index in [1.165, 1.54) is 19.1 Å². The predicted octanol–water partition coefficient (Wildman–Crippen LogP) is 3.54. The lowest BCUT2D eigenvalue weighted by Crippen LogP contribution is -2.41. The molecule has 3 rings (SSSR count). The van der Waals surface area contributed by atoms with Crippen LogP contribution >= 0.6 is 0 Å². The third-order valence-corrected chi connectivity index (χ3v) is 4.44. The minimum Gasteiger partial charge on any atom is -0.319 e. The van der Waals surface area contributed by atoms with Crippen molar-refractivity contribution >= 4 is 11.9 Å². The number of alkyl halides is 3. The average molecular weight is 373 g/mol. The van der Waals surface area contributed by atoms with E-state index >= 15 is 0 Å². The third kappa shape index (κ3) is 3.36. The highest BCUT2D eigenvalue weighted by Gasteiger charge is 2.49. The molecule has 0 aromatic heterocycles. The van der Waals surface area contributed by atoms with Crippen LogP contribution in [0, 0.1) is 11.3 Å². The Bertz CT molecular complexity index is 965. The molecule has 0 saturated carbocycles. The summed E-state index contributed by atoms with van der Waals surface area (Å²) < 4.78 is 38.9. The van der Waals surface area contributed by atoms with Gasteiger partial charge in [-0.15, -0.1) is 0 Å². The van der Waals surface area contributed by atoms with E-state index < -0.39 is 29.2 Å². The first-order chi connectivity index (χ1) is 12.6. The van der Waals surface area contributed by atoms with Gasteiger partial charge in [-0.2, -0.15) is 18.4 Å². The van der Waals surface area contributed by atoms with Crippen LogP contribution in [0.5, 0.6) is 0 Å². The number of amides is 3. The lowest BCUT2D eigenvalue weighted by Gasteiger charge is -2.23. The number of nitriles is 1. The van der Waals surface area contributed by atoms with E-state index in [1.54, 1.807) is 24.3 Å². The Morgan fingerprint density at radius 2 is 1.85 bits per heavy atom. The van der Waals surface area contributed by atoms with Crippen LogP contribution in [0.25, 0.3) is 0 Å². The second-order valence-corrected chi connectivity index (χ2v) is 6.34. The summed E-state index contributed by atoms with van der Waals surface area (Å²) in [5, 5.41) is 11.4. The van der Waals surface area contributed by atoms with Crippen molar-refractivity contribution in [1.29, 1.82) is 5.26 Å². The number of carbonyl (C=O) groups excluding carboxylic acids is 2. The molecule has 1 aliphatic rings. The van der Waals surface area contributed by atoms with Gasteiger partial charge < -0.3 is 5.32 Å². The molecule has 3 amide bonds. The van der Waals surface area contributed by atoms with Crippen molar-refractivity contribution in [1.82, 2.24) is 10.2 Å². The van der Waals surface area contributed by atoms with Crippen LogP contribution in [0.4, 0.5) is 18.0 Å². The Kier molecular flexibility index (Phi) is 4.39. The number of halogens is 3. The summed E-state index contributed by atoms with van der Waals surface area (Å²) in [6.45, 7) is 1.28. The van der Waals surface area contributed by atoms with Gasteiger partial charge in [-0.3, -0.25) is 9.69 Å².